The molecule has 1 amide bonds. The number of hydrogen-bond acceptors (Lipinski definition) is 1. The number of amides is 1. The Hall–Kier alpha value is -1.84. The van der Waals surface area contributed by atoms with E-state index in [9.17, 15) is 9.18 Å². The second-order valence-electron chi connectivity index (χ2n) is 6.24. The van der Waals surface area contributed by atoms with Crippen molar-refractivity contribution in [1.29, 1.82) is 0 Å². The Bertz CT molecular complexity index is 654. The second-order valence-corrected chi connectivity index (χ2v) is 6.24. The molecule has 0 atom stereocenters. The van der Waals surface area contributed by atoms with E-state index in [0.717, 1.165) is 25.9 Å². The van der Waals surface area contributed by atoms with Gasteiger partial charge in [-0.3, -0.25) is 4.79 Å². The van der Waals surface area contributed by atoms with Crippen LogP contribution in [0.15, 0.2) is 24.4 Å². The summed E-state index contributed by atoms with van der Waals surface area (Å²) in [7, 11) is 0. The lowest BCUT2D eigenvalue weighted by Crippen LogP contribution is -2.39. The number of H-pyrrole nitrogens is 1. The third-order valence-electron chi connectivity index (χ3n) is 4.67. The van der Waals surface area contributed by atoms with Gasteiger partial charge >= 0.3 is 0 Å². The average molecular weight is 288 g/mol. The number of carbonyl (C=O) groups is 1. The van der Waals surface area contributed by atoms with Crippen LogP contribution in [0, 0.1) is 17.7 Å². The first-order valence-electron chi connectivity index (χ1n) is 7.63. The van der Waals surface area contributed by atoms with Gasteiger partial charge in [0.05, 0.1) is 11.1 Å². The molecule has 1 fully saturated rings. The van der Waals surface area contributed by atoms with Gasteiger partial charge in [0.25, 0.3) is 5.91 Å². The lowest BCUT2D eigenvalue weighted by molar-refractivity contribution is 0.0669. The van der Waals surface area contributed by atoms with Gasteiger partial charge in [-0.25, -0.2) is 4.39 Å². The molecule has 2 aromatic rings. The number of nitrogens with zero attached hydrogens (tertiary/aromatic N) is 1. The molecule has 2 heterocycles. The standard InChI is InChI=1S/C17H21FN2O/c1-11(2)12-6-8-20(9-7-12)17(21)14-5-3-4-13-15(18)10-19-16(13)14/h3-5,10-12,19H,6-9H2,1-2H3. The summed E-state index contributed by atoms with van der Waals surface area (Å²) in [5, 5.41) is 0.484. The van der Waals surface area contributed by atoms with Crippen LogP contribution in [-0.4, -0.2) is 28.9 Å². The molecule has 0 aliphatic carbocycles. The first kappa shape index (κ1) is 14.1. The molecule has 3 nitrogen and oxygen atoms in total. The lowest BCUT2D eigenvalue weighted by Gasteiger charge is -2.34. The number of aromatic nitrogens is 1. The van der Waals surface area contributed by atoms with Crippen molar-refractivity contribution in [2.75, 3.05) is 13.1 Å². The third-order valence-corrected chi connectivity index (χ3v) is 4.67. The quantitative estimate of drug-likeness (QED) is 0.896. The van der Waals surface area contributed by atoms with E-state index >= 15 is 0 Å². The van der Waals surface area contributed by atoms with Crippen LogP contribution < -0.4 is 0 Å². The Labute approximate surface area is 124 Å². The number of piperidine rings is 1. The Morgan fingerprint density at radius 1 is 1.33 bits per heavy atom. The fourth-order valence-electron chi connectivity index (χ4n) is 3.24. The Morgan fingerprint density at radius 3 is 2.71 bits per heavy atom. The molecular formula is C17H21FN2O. The van der Waals surface area contributed by atoms with Crippen LogP contribution in [0.5, 0.6) is 0 Å². The molecule has 21 heavy (non-hydrogen) atoms. The van der Waals surface area contributed by atoms with E-state index in [0.29, 0.717) is 28.3 Å². The summed E-state index contributed by atoms with van der Waals surface area (Å²) in [6.07, 6.45) is 3.42. The molecule has 1 N–H and O–H groups in total. The maximum Gasteiger partial charge on any atom is 0.255 e. The molecule has 1 aliphatic rings. The monoisotopic (exact) mass is 288 g/mol. The molecule has 1 aromatic carbocycles. The van der Waals surface area contributed by atoms with Crippen LogP contribution >= 0.6 is 0 Å². The van der Waals surface area contributed by atoms with E-state index in [-0.39, 0.29) is 11.7 Å². The molecule has 0 saturated carbocycles. The summed E-state index contributed by atoms with van der Waals surface area (Å²) in [5.41, 5.74) is 1.17. The van der Waals surface area contributed by atoms with Gasteiger partial charge in [0, 0.05) is 24.7 Å². The molecule has 1 saturated heterocycles. The fourth-order valence-corrected chi connectivity index (χ4v) is 3.24. The number of rotatable bonds is 2. The van der Waals surface area contributed by atoms with Gasteiger partial charge in [-0.05, 0) is 36.8 Å². The number of halogens is 1. The number of likely N-dealkylation sites (tertiary alicyclic amines) is 1. The maximum absolute atomic E-state index is 13.6. The van der Waals surface area contributed by atoms with Gasteiger partial charge < -0.3 is 9.88 Å². The summed E-state index contributed by atoms with van der Waals surface area (Å²) < 4.78 is 13.6. The largest absolute Gasteiger partial charge is 0.358 e. The maximum atomic E-state index is 13.6. The van der Waals surface area contributed by atoms with Crippen LogP contribution in [-0.2, 0) is 0 Å². The van der Waals surface area contributed by atoms with Crippen molar-refractivity contribution in [2.45, 2.75) is 26.7 Å². The highest BCUT2D eigenvalue weighted by molar-refractivity contribution is 6.05. The lowest BCUT2D eigenvalue weighted by atomic mass is 9.86. The summed E-state index contributed by atoms with van der Waals surface area (Å²) in [6.45, 7) is 6.07. The number of fused-ring (bicyclic) bond motifs is 1. The normalized spacial score (nSPS) is 16.9. The van der Waals surface area contributed by atoms with Gasteiger partial charge in [-0.1, -0.05) is 19.9 Å². The first-order valence-corrected chi connectivity index (χ1v) is 7.63. The number of hydrogen-bond donors (Lipinski definition) is 1. The smallest absolute Gasteiger partial charge is 0.255 e. The van der Waals surface area contributed by atoms with Gasteiger partial charge in [-0.15, -0.1) is 0 Å². The predicted molar refractivity (Wildman–Crippen MR) is 81.7 cm³/mol. The highest BCUT2D eigenvalue weighted by Crippen LogP contribution is 2.27. The van der Waals surface area contributed by atoms with Crippen LogP contribution in [0.2, 0.25) is 0 Å². The Morgan fingerprint density at radius 2 is 2.05 bits per heavy atom. The number of benzene rings is 1. The van der Waals surface area contributed by atoms with E-state index in [2.05, 4.69) is 18.8 Å². The summed E-state index contributed by atoms with van der Waals surface area (Å²) in [5.74, 6) is 1.07. The number of nitrogens with one attached hydrogen (secondary N) is 1. The van der Waals surface area contributed by atoms with Gasteiger partial charge in [-0.2, -0.15) is 0 Å². The van der Waals surface area contributed by atoms with Crippen molar-refractivity contribution in [1.82, 2.24) is 9.88 Å². The van der Waals surface area contributed by atoms with Crippen molar-refractivity contribution in [3.63, 3.8) is 0 Å². The summed E-state index contributed by atoms with van der Waals surface area (Å²) >= 11 is 0. The summed E-state index contributed by atoms with van der Waals surface area (Å²) in [4.78, 5) is 17.5. The van der Waals surface area contributed by atoms with Crippen LogP contribution in [0.3, 0.4) is 0 Å². The molecule has 0 spiro atoms. The zero-order valence-electron chi connectivity index (χ0n) is 12.5. The van der Waals surface area contributed by atoms with Gasteiger partial charge in [0.15, 0.2) is 0 Å². The van der Waals surface area contributed by atoms with Crippen molar-refractivity contribution in [3.8, 4) is 0 Å². The Kier molecular flexibility index (Phi) is 3.70. The van der Waals surface area contributed by atoms with E-state index in [1.165, 1.54) is 6.20 Å². The average Bonchev–Trinajstić information content (AvgIpc) is 2.88. The highest BCUT2D eigenvalue weighted by atomic mass is 19.1. The van der Waals surface area contributed by atoms with E-state index < -0.39 is 0 Å². The minimum Gasteiger partial charge on any atom is -0.358 e. The van der Waals surface area contributed by atoms with Crippen LogP contribution in [0.25, 0.3) is 10.9 Å². The van der Waals surface area contributed by atoms with Crippen LogP contribution in [0.1, 0.15) is 37.0 Å². The first-order chi connectivity index (χ1) is 10.1. The van der Waals surface area contributed by atoms with Crippen molar-refractivity contribution < 1.29 is 9.18 Å². The number of para-hydroxylation sites is 1. The SMILES string of the molecule is CC(C)C1CCN(C(=O)c2cccc3c(F)c[nH]c23)CC1. The molecule has 3 rings (SSSR count). The number of aromatic amines is 1. The minimum absolute atomic E-state index is 0.00431. The zero-order chi connectivity index (χ0) is 15.0. The Balaban J connectivity index is 1.82. The van der Waals surface area contributed by atoms with Gasteiger partial charge in [0.1, 0.15) is 5.82 Å². The van der Waals surface area contributed by atoms with Crippen LogP contribution in [0.4, 0.5) is 4.39 Å². The molecule has 1 aromatic heterocycles. The van der Waals surface area contributed by atoms with Gasteiger partial charge in [0.2, 0.25) is 0 Å². The molecular weight excluding hydrogens is 267 g/mol. The van der Waals surface area contributed by atoms with E-state index in [4.69, 9.17) is 0 Å². The number of carbonyl (C=O) groups excluding carboxylic acids is 1. The third kappa shape index (κ3) is 2.55. The fraction of sp³-hybridized carbons (Fsp3) is 0.471. The molecule has 0 bridgehead atoms. The molecule has 112 valence electrons. The van der Waals surface area contributed by atoms with E-state index in [1.54, 1.807) is 18.2 Å². The zero-order valence-corrected chi connectivity index (χ0v) is 12.5. The van der Waals surface area contributed by atoms with E-state index in [1.807, 2.05) is 4.90 Å². The molecule has 1 aliphatic heterocycles. The second kappa shape index (κ2) is 5.51. The molecule has 0 unspecified atom stereocenters. The minimum atomic E-state index is -0.307. The van der Waals surface area contributed by atoms with Crippen molar-refractivity contribution in [3.05, 3.63) is 35.8 Å². The topological polar surface area (TPSA) is 36.1 Å². The summed E-state index contributed by atoms with van der Waals surface area (Å²) in [6, 6.07) is 5.21. The highest BCUT2D eigenvalue weighted by Gasteiger charge is 2.26. The van der Waals surface area contributed by atoms with Crippen molar-refractivity contribution in [2.24, 2.45) is 11.8 Å². The molecule has 0 radical (unpaired) electrons. The van der Waals surface area contributed by atoms with Crippen molar-refractivity contribution >= 4 is 16.8 Å². The predicted octanol–water partition coefficient (Wildman–Crippen LogP) is 3.82. The molecule has 4 heteroatoms.